The van der Waals surface area contributed by atoms with Crippen molar-refractivity contribution in [3.8, 4) is 0 Å². The van der Waals surface area contributed by atoms with Crippen LogP contribution in [0.2, 0.25) is 0 Å². The predicted octanol–water partition coefficient (Wildman–Crippen LogP) is 4.12. The van der Waals surface area contributed by atoms with Gasteiger partial charge in [-0.2, -0.15) is 0 Å². The van der Waals surface area contributed by atoms with E-state index in [0.717, 1.165) is 24.6 Å². The molecule has 1 fully saturated rings. The van der Waals surface area contributed by atoms with Crippen molar-refractivity contribution in [1.82, 2.24) is 9.97 Å². The number of halogens is 1. The highest BCUT2D eigenvalue weighted by Crippen LogP contribution is 2.32. The first-order valence-corrected chi connectivity index (χ1v) is 8.14. The zero-order valence-corrected chi connectivity index (χ0v) is 13.5. The highest BCUT2D eigenvalue weighted by Gasteiger charge is 2.20. The Kier molecular flexibility index (Phi) is 5.21. The Bertz CT molecular complexity index is 400. The molecule has 0 aromatic carbocycles. The van der Waals surface area contributed by atoms with E-state index in [1.54, 1.807) is 0 Å². The number of nitrogens with one attached hydrogen (secondary N) is 1. The summed E-state index contributed by atoms with van der Waals surface area (Å²) >= 11 is 2.36. The molecule has 0 aliphatic heterocycles. The Labute approximate surface area is 123 Å². The van der Waals surface area contributed by atoms with E-state index in [1.165, 1.54) is 41.4 Å². The van der Waals surface area contributed by atoms with Gasteiger partial charge < -0.3 is 5.32 Å². The van der Waals surface area contributed by atoms with E-state index < -0.39 is 0 Å². The van der Waals surface area contributed by atoms with Crippen molar-refractivity contribution in [3.63, 3.8) is 0 Å². The number of aryl methyl sites for hydroxylation is 1. The summed E-state index contributed by atoms with van der Waals surface area (Å²) in [5.74, 6) is 2.69. The maximum atomic E-state index is 4.80. The van der Waals surface area contributed by atoms with Crippen LogP contribution in [0.25, 0.3) is 0 Å². The quantitative estimate of drug-likeness (QED) is 0.822. The van der Waals surface area contributed by atoms with Crippen LogP contribution in [-0.4, -0.2) is 16.5 Å². The van der Waals surface area contributed by atoms with Crippen LogP contribution in [0, 0.1) is 3.57 Å². The van der Waals surface area contributed by atoms with E-state index >= 15 is 0 Å². The molecule has 0 amide bonds. The van der Waals surface area contributed by atoms with Gasteiger partial charge in [0.1, 0.15) is 11.6 Å². The molecule has 18 heavy (non-hydrogen) atoms. The number of rotatable bonds is 4. The highest BCUT2D eigenvalue weighted by molar-refractivity contribution is 14.1. The number of nitrogens with zero attached hydrogens (tertiary/aromatic N) is 2. The molecule has 1 saturated carbocycles. The molecule has 1 heterocycles. The van der Waals surface area contributed by atoms with Gasteiger partial charge in [-0.3, -0.25) is 0 Å². The lowest BCUT2D eigenvalue weighted by Gasteiger charge is -2.22. The number of aromatic nitrogens is 2. The topological polar surface area (TPSA) is 37.8 Å². The van der Waals surface area contributed by atoms with Crippen LogP contribution in [0.3, 0.4) is 0 Å². The third-order valence-corrected chi connectivity index (χ3v) is 4.72. The second kappa shape index (κ2) is 6.68. The van der Waals surface area contributed by atoms with Crippen molar-refractivity contribution < 1.29 is 0 Å². The molecular formula is C14H22IN3. The van der Waals surface area contributed by atoms with E-state index in [4.69, 9.17) is 9.97 Å². The van der Waals surface area contributed by atoms with E-state index in [2.05, 4.69) is 41.8 Å². The molecule has 2 rings (SSSR count). The molecule has 1 aliphatic rings. The van der Waals surface area contributed by atoms with E-state index in [1.807, 2.05) is 0 Å². The molecule has 0 atom stereocenters. The summed E-state index contributed by atoms with van der Waals surface area (Å²) in [6.07, 6.45) is 7.54. The summed E-state index contributed by atoms with van der Waals surface area (Å²) in [6.45, 7) is 5.20. The number of hydrogen-bond acceptors (Lipinski definition) is 3. The van der Waals surface area contributed by atoms with Crippen molar-refractivity contribution in [3.05, 3.63) is 15.1 Å². The van der Waals surface area contributed by atoms with Gasteiger partial charge in [0.25, 0.3) is 0 Å². The molecule has 1 aromatic rings. The fourth-order valence-corrected chi connectivity index (χ4v) is 3.39. The molecule has 3 nitrogen and oxygen atoms in total. The molecule has 0 spiro atoms. The van der Waals surface area contributed by atoms with E-state index in [-0.39, 0.29) is 0 Å². The summed E-state index contributed by atoms with van der Waals surface area (Å²) in [5.41, 5.74) is 1.20. The Balaban J connectivity index is 2.31. The van der Waals surface area contributed by atoms with Crippen molar-refractivity contribution in [2.24, 2.45) is 0 Å². The fourth-order valence-electron chi connectivity index (χ4n) is 2.57. The van der Waals surface area contributed by atoms with Crippen LogP contribution in [0.1, 0.15) is 63.4 Å². The van der Waals surface area contributed by atoms with Crippen molar-refractivity contribution in [2.75, 3.05) is 11.9 Å². The second-order valence-electron chi connectivity index (χ2n) is 4.91. The Morgan fingerprint density at radius 3 is 2.50 bits per heavy atom. The fraction of sp³-hybridized carbons (Fsp3) is 0.714. The molecule has 1 aliphatic carbocycles. The molecule has 0 bridgehead atoms. The average molecular weight is 359 g/mol. The second-order valence-corrected chi connectivity index (χ2v) is 5.99. The van der Waals surface area contributed by atoms with Gasteiger partial charge in [-0.25, -0.2) is 9.97 Å². The molecule has 1 N–H and O–H groups in total. The minimum Gasteiger partial charge on any atom is -0.369 e. The third kappa shape index (κ3) is 3.13. The van der Waals surface area contributed by atoms with Crippen LogP contribution in [0.5, 0.6) is 0 Å². The molecule has 4 heteroatoms. The number of hydrogen-bond donors (Lipinski definition) is 1. The van der Waals surface area contributed by atoms with Gasteiger partial charge in [-0.05, 0) is 48.8 Å². The summed E-state index contributed by atoms with van der Waals surface area (Å²) in [7, 11) is 0. The van der Waals surface area contributed by atoms with Gasteiger partial charge >= 0.3 is 0 Å². The lowest BCUT2D eigenvalue weighted by Crippen LogP contribution is -2.14. The minimum atomic E-state index is 0.582. The van der Waals surface area contributed by atoms with Crippen LogP contribution in [-0.2, 0) is 6.42 Å². The summed E-state index contributed by atoms with van der Waals surface area (Å²) in [4.78, 5) is 9.56. The first kappa shape index (κ1) is 14.0. The van der Waals surface area contributed by atoms with Gasteiger partial charge in [0.15, 0.2) is 0 Å². The third-order valence-electron chi connectivity index (χ3n) is 3.59. The smallest absolute Gasteiger partial charge is 0.143 e. The Hall–Kier alpha value is -0.390. The summed E-state index contributed by atoms with van der Waals surface area (Å²) in [5, 5.41) is 3.37. The normalized spacial score (nSPS) is 16.8. The molecular weight excluding hydrogens is 337 g/mol. The molecule has 0 unspecified atom stereocenters. The van der Waals surface area contributed by atoms with Crippen molar-refractivity contribution in [1.29, 1.82) is 0 Å². The van der Waals surface area contributed by atoms with Crippen LogP contribution < -0.4 is 5.32 Å². The maximum Gasteiger partial charge on any atom is 0.143 e. The summed E-state index contributed by atoms with van der Waals surface area (Å²) in [6, 6.07) is 0. The maximum absolute atomic E-state index is 4.80. The lowest BCUT2D eigenvalue weighted by atomic mass is 9.88. The zero-order valence-electron chi connectivity index (χ0n) is 11.3. The van der Waals surface area contributed by atoms with Gasteiger partial charge in [0, 0.05) is 12.5 Å². The monoisotopic (exact) mass is 359 g/mol. The molecule has 1 aromatic heterocycles. The molecule has 100 valence electrons. The van der Waals surface area contributed by atoms with Gasteiger partial charge in [-0.15, -0.1) is 0 Å². The largest absolute Gasteiger partial charge is 0.369 e. The molecule has 0 saturated heterocycles. The first-order valence-electron chi connectivity index (χ1n) is 7.06. The van der Waals surface area contributed by atoms with Gasteiger partial charge in [0.2, 0.25) is 0 Å². The lowest BCUT2D eigenvalue weighted by molar-refractivity contribution is 0.428. The van der Waals surface area contributed by atoms with Crippen LogP contribution in [0.15, 0.2) is 0 Å². The minimum absolute atomic E-state index is 0.582. The van der Waals surface area contributed by atoms with Crippen LogP contribution >= 0.6 is 22.6 Å². The standard InChI is InChI=1S/C14H22IN3/c1-3-11-12(15)14(16-4-2)18-13(17-11)10-8-6-5-7-9-10/h10H,3-9H2,1-2H3,(H,16,17,18). The SMILES string of the molecule is CCNc1nc(C2CCCCC2)nc(CC)c1I. The number of anilines is 1. The van der Waals surface area contributed by atoms with Gasteiger partial charge in [-0.1, -0.05) is 26.2 Å². The average Bonchev–Trinajstić information content (AvgIpc) is 2.42. The van der Waals surface area contributed by atoms with Crippen LogP contribution in [0.4, 0.5) is 5.82 Å². The zero-order chi connectivity index (χ0) is 13.0. The van der Waals surface area contributed by atoms with Crippen molar-refractivity contribution >= 4 is 28.4 Å². The van der Waals surface area contributed by atoms with E-state index in [9.17, 15) is 0 Å². The Morgan fingerprint density at radius 1 is 1.17 bits per heavy atom. The summed E-state index contributed by atoms with van der Waals surface area (Å²) < 4.78 is 1.19. The predicted molar refractivity (Wildman–Crippen MR) is 84.1 cm³/mol. The molecule has 0 radical (unpaired) electrons. The van der Waals surface area contributed by atoms with Gasteiger partial charge in [0.05, 0.1) is 9.26 Å². The highest BCUT2D eigenvalue weighted by atomic mass is 127. The Morgan fingerprint density at radius 2 is 1.89 bits per heavy atom. The van der Waals surface area contributed by atoms with Crippen molar-refractivity contribution in [2.45, 2.75) is 58.3 Å². The van der Waals surface area contributed by atoms with E-state index in [0.29, 0.717) is 5.92 Å². The first-order chi connectivity index (χ1) is 8.76.